The van der Waals surface area contributed by atoms with Gasteiger partial charge in [0.1, 0.15) is 11.5 Å². The lowest BCUT2D eigenvalue weighted by molar-refractivity contribution is -0.0498. The van der Waals surface area contributed by atoms with E-state index in [1.54, 1.807) is 19.1 Å². The molecule has 0 saturated carbocycles. The average molecular weight is 383 g/mol. The van der Waals surface area contributed by atoms with E-state index in [1.807, 2.05) is 0 Å². The number of benzene rings is 2. The number of aryl methyl sites for hydroxylation is 1. The van der Waals surface area contributed by atoms with E-state index in [-0.39, 0.29) is 17.1 Å². The van der Waals surface area contributed by atoms with Crippen LogP contribution in [0.4, 0.5) is 8.78 Å². The van der Waals surface area contributed by atoms with E-state index in [0.717, 1.165) is 5.56 Å². The third-order valence-electron chi connectivity index (χ3n) is 3.48. The molecule has 1 amide bonds. The number of nitrogens with zero attached hydrogens (tertiary/aromatic N) is 1. The van der Waals surface area contributed by atoms with Gasteiger partial charge in [-0.3, -0.25) is 4.79 Å². The number of hydrogen-bond acceptors (Lipinski definition) is 4. The van der Waals surface area contributed by atoms with Gasteiger partial charge in [-0.2, -0.15) is 13.9 Å². The number of amides is 1. The van der Waals surface area contributed by atoms with Gasteiger partial charge in [0.25, 0.3) is 5.91 Å². The van der Waals surface area contributed by atoms with Crippen molar-refractivity contribution in [2.24, 2.45) is 5.10 Å². The third kappa shape index (κ3) is 6.00. The molecule has 0 aliphatic carbocycles. The maximum atomic E-state index is 12.1. The SMILES string of the molecule is C/C(CCc1ccc(OC(F)F)cc1)=N/NC(=O)c1cc(Cl)ccc1O. The zero-order chi connectivity index (χ0) is 19.1. The molecule has 0 aliphatic heterocycles. The second kappa shape index (κ2) is 9.15. The first-order chi connectivity index (χ1) is 12.3. The number of hydrogen-bond donors (Lipinski definition) is 2. The molecule has 0 spiro atoms. The second-order valence-electron chi connectivity index (χ2n) is 5.47. The molecule has 26 heavy (non-hydrogen) atoms. The maximum Gasteiger partial charge on any atom is 0.387 e. The van der Waals surface area contributed by atoms with E-state index in [9.17, 15) is 18.7 Å². The highest BCUT2D eigenvalue weighted by molar-refractivity contribution is 6.31. The van der Waals surface area contributed by atoms with Crippen molar-refractivity contribution in [3.8, 4) is 11.5 Å². The molecule has 0 saturated heterocycles. The van der Waals surface area contributed by atoms with E-state index >= 15 is 0 Å². The van der Waals surface area contributed by atoms with Crippen molar-refractivity contribution in [1.82, 2.24) is 5.43 Å². The number of nitrogens with one attached hydrogen (secondary N) is 1. The molecule has 2 rings (SSSR count). The van der Waals surface area contributed by atoms with Crippen LogP contribution in [0.3, 0.4) is 0 Å². The number of ether oxygens (including phenoxy) is 1. The number of hydrazone groups is 1. The number of alkyl halides is 2. The first-order valence-electron chi connectivity index (χ1n) is 7.71. The summed E-state index contributed by atoms with van der Waals surface area (Å²) in [4.78, 5) is 12.0. The Morgan fingerprint density at radius 1 is 1.27 bits per heavy atom. The molecule has 0 aromatic heterocycles. The normalized spacial score (nSPS) is 11.5. The van der Waals surface area contributed by atoms with Crippen molar-refractivity contribution in [1.29, 1.82) is 0 Å². The Morgan fingerprint density at radius 2 is 1.96 bits per heavy atom. The monoisotopic (exact) mass is 382 g/mol. The van der Waals surface area contributed by atoms with E-state index < -0.39 is 12.5 Å². The van der Waals surface area contributed by atoms with Crippen LogP contribution in [0.1, 0.15) is 29.3 Å². The molecule has 5 nitrogen and oxygen atoms in total. The smallest absolute Gasteiger partial charge is 0.387 e. The van der Waals surface area contributed by atoms with Gasteiger partial charge in [-0.05, 0) is 55.7 Å². The molecule has 0 unspecified atom stereocenters. The Balaban J connectivity index is 1.88. The largest absolute Gasteiger partial charge is 0.507 e. The number of aromatic hydroxyl groups is 1. The highest BCUT2D eigenvalue weighted by atomic mass is 35.5. The summed E-state index contributed by atoms with van der Waals surface area (Å²) in [6.07, 6.45) is 1.17. The molecule has 0 fully saturated rings. The van der Waals surface area contributed by atoms with Crippen molar-refractivity contribution in [3.05, 3.63) is 58.6 Å². The van der Waals surface area contributed by atoms with E-state index in [1.165, 1.54) is 30.3 Å². The average Bonchev–Trinajstić information content (AvgIpc) is 2.60. The van der Waals surface area contributed by atoms with Crippen LogP contribution in [-0.4, -0.2) is 23.3 Å². The lowest BCUT2D eigenvalue weighted by atomic mass is 10.1. The Kier molecular flexibility index (Phi) is 6.91. The Morgan fingerprint density at radius 3 is 2.62 bits per heavy atom. The molecular formula is C18H17ClF2N2O3. The van der Waals surface area contributed by atoms with E-state index in [2.05, 4.69) is 15.3 Å². The lowest BCUT2D eigenvalue weighted by Gasteiger charge is -2.07. The molecule has 0 aliphatic rings. The maximum absolute atomic E-state index is 12.1. The number of phenols is 1. The van der Waals surface area contributed by atoms with Crippen molar-refractivity contribution in [2.45, 2.75) is 26.4 Å². The minimum Gasteiger partial charge on any atom is -0.507 e. The molecule has 8 heteroatoms. The molecule has 2 aromatic carbocycles. The Labute approximate surface area is 154 Å². The van der Waals surface area contributed by atoms with Gasteiger partial charge in [-0.1, -0.05) is 23.7 Å². The molecule has 2 aromatic rings. The standard InChI is InChI=1S/C18H17ClF2N2O3/c1-11(2-3-12-4-7-14(8-5-12)26-18(20)21)22-23-17(25)15-10-13(19)6-9-16(15)24/h4-10,18,24H,2-3H2,1H3,(H,23,25)/b22-11-. The van der Waals surface area contributed by atoms with Gasteiger partial charge in [0.15, 0.2) is 0 Å². The highest BCUT2D eigenvalue weighted by Gasteiger charge is 2.11. The van der Waals surface area contributed by atoms with Gasteiger partial charge in [0.2, 0.25) is 0 Å². The van der Waals surface area contributed by atoms with Crippen LogP contribution in [0, 0.1) is 0 Å². The number of halogens is 3. The molecule has 0 atom stereocenters. The Hall–Kier alpha value is -2.67. The van der Waals surface area contributed by atoms with Gasteiger partial charge in [0.05, 0.1) is 5.56 Å². The predicted molar refractivity (Wildman–Crippen MR) is 95.1 cm³/mol. The molecule has 2 N–H and O–H groups in total. The first-order valence-corrected chi connectivity index (χ1v) is 8.08. The fraction of sp³-hybridized carbons (Fsp3) is 0.222. The number of phenolic OH excluding ortho intramolecular Hbond substituents is 1. The minimum atomic E-state index is -2.85. The summed E-state index contributed by atoms with van der Waals surface area (Å²) in [5, 5.41) is 14.0. The van der Waals surface area contributed by atoms with Gasteiger partial charge >= 0.3 is 6.61 Å². The summed E-state index contributed by atoms with van der Waals surface area (Å²) in [6, 6.07) is 10.5. The topological polar surface area (TPSA) is 70.9 Å². The summed E-state index contributed by atoms with van der Waals surface area (Å²) >= 11 is 5.80. The van der Waals surface area contributed by atoms with E-state index in [0.29, 0.717) is 23.6 Å². The van der Waals surface area contributed by atoms with Crippen molar-refractivity contribution in [2.75, 3.05) is 0 Å². The zero-order valence-electron chi connectivity index (χ0n) is 13.9. The highest BCUT2D eigenvalue weighted by Crippen LogP contribution is 2.21. The van der Waals surface area contributed by atoms with Crippen molar-refractivity contribution >= 4 is 23.2 Å². The lowest BCUT2D eigenvalue weighted by Crippen LogP contribution is -2.19. The predicted octanol–water partition coefficient (Wildman–Crippen LogP) is 4.39. The summed E-state index contributed by atoms with van der Waals surface area (Å²) in [5.74, 6) is -0.661. The number of rotatable bonds is 7. The van der Waals surface area contributed by atoms with Crippen LogP contribution in [0.2, 0.25) is 5.02 Å². The summed E-state index contributed by atoms with van der Waals surface area (Å²) in [7, 11) is 0. The van der Waals surface area contributed by atoms with Gasteiger partial charge in [-0.15, -0.1) is 0 Å². The molecule has 0 heterocycles. The van der Waals surface area contributed by atoms with Crippen LogP contribution >= 0.6 is 11.6 Å². The summed E-state index contributed by atoms with van der Waals surface area (Å²) < 4.78 is 28.5. The molecule has 138 valence electrons. The van der Waals surface area contributed by atoms with Crippen LogP contribution < -0.4 is 10.2 Å². The Bertz CT molecular complexity index is 796. The number of carbonyl (C=O) groups excluding carboxylic acids is 1. The fourth-order valence-corrected chi connectivity index (χ4v) is 2.29. The third-order valence-corrected chi connectivity index (χ3v) is 3.71. The van der Waals surface area contributed by atoms with Gasteiger partial charge in [-0.25, -0.2) is 5.43 Å². The van der Waals surface area contributed by atoms with Crippen LogP contribution in [0.5, 0.6) is 11.5 Å². The quantitative estimate of drug-likeness (QED) is 0.551. The second-order valence-corrected chi connectivity index (χ2v) is 5.91. The fourth-order valence-electron chi connectivity index (χ4n) is 2.12. The summed E-state index contributed by atoms with van der Waals surface area (Å²) in [6.45, 7) is -1.11. The van der Waals surface area contributed by atoms with E-state index in [4.69, 9.17) is 11.6 Å². The van der Waals surface area contributed by atoms with Crippen LogP contribution in [0.25, 0.3) is 0 Å². The van der Waals surface area contributed by atoms with Crippen molar-refractivity contribution in [3.63, 3.8) is 0 Å². The van der Waals surface area contributed by atoms with Gasteiger partial charge in [0, 0.05) is 10.7 Å². The molecular weight excluding hydrogens is 366 g/mol. The van der Waals surface area contributed by atoms with Crippen LogP contribution in [-0.2, 0) is 6.42 Å². The van der Waals surface area contributed by atoms with Crippen molar-refractivity contribution < 1.29 is 23.4 Å². The molecule has 0 bridgehead atoms. The van der Waals surface area contributed by atoms with Gasteiger partial charge < -0.3 is 9.84 Å². The van der Waals surface area contributed by atoms with Crippen LogP contribution in [0.15, 0.2) is 47.6 Å². The minimum absolute atomic E-state index is 0.0312. The molecule has 0 radical (unpaired) electrons. The zero-order valence-corrected chi connectivity index (χ0v) is 14.6. The number of carbonyl (C=O) groups is 1. The first kappa shape index (κ1) is 19.7. The summed E-state index contributed by atoms with van der Waals surface area (Å²) in [5.41, 5.74) is 3.97.